The van der Waals surface area contributed by atoms with E-state index in [4.69, 9.17) is 4.74 Å². The van der Waals surface area contributed by atoms with Crippen LogP contribution in [-0.2, 0) is 4.74 Å². The van der Waals surface area contributed by atoms with E-state index in [-0.39, 0.29) is 11.1 Å². The number of hydrogen-bond donors (Lipinski definition) is 3. The van der Waals surface area contributed by atoms with Crippen LogP contribution in [0, 0.1) is 0 Å². The Hall–Kier alpha value is -0.810. The smallest absolute Gasteiger partial charge is 0.191 e. The van der Waals surface area contributed by atoms with Gasteiger partial charge in [-0.2, -0.15) is 0 Å². The molecular weight excluding hydrogens is 240 g/mol. The fourth-order valence-electron chi connectivity index (χ4n) is 1.29. The first-order valence-electron chi connectivity index (χ1n) is 7.02. The van der Waals surface area contributed by atoms with Crippen molar-refractivity contribution in [1.29, 1.82) is 0 Å². The van der Waals surface area contributed by atoms with E-state index in [0.717, 1.165) is 25.6 Å². The molecule has 3 N–H and O–H groups in total. The third-order valence-electron chi connectivity index (χ3n) is 2.59. The van der Waals surface area contributed by atoms with Crippen LogP contribution in [0.4, 0.5) is 0 Å². The summed E-state index contributed by atoms with van der Waals surface area (Å²) in [5.74, 6) is 0.836. The van der Waals surface area contributed by atoms with Gasteiger partial charge in [0, 0.05) is 32.3 Å². The highest BCUT2D eigenvalue weighted by Gasteiger charge is 2.15. The van der Waals surface area contributed by atoms with Gasteiger partial charge in [0.05, 0.1) is 12.1 Å². The molecule has 0 aromatic rings. The molecule has 114 valence electrons. The average Bonchev–Trinajstić information content (AvgIpc) is 2.30. The molecule has 19 heavy (non-hydrogen) atoms. The lowest BCUT2D eigenvalue weighted by atomic mass is 10.1. The third kappa shape index (κ3) is 10.8. The maximum atomic E-state index is 5.36. The maximum Gasteiger partial charge on any atom is 0.191 e. The Labute approximate surface area is 118 Å². The van der Waals surface area contributed by atoms with Gasteiger partial charge < -0.3 is 20.7 Å². The standard InChI is InChI=1S/C14H32N4O/c1-8-15-12(17-11-14(5,6)19-7)16-9-10-18-13(2,3)4/h18H,8-11H2,1-7H3,(H2,15,16,17). The lowest BCUT2D eigenvalue weighted by Crippen LogP contribution is -2.45. The molecule has 0 saturated heterocycles. The molecule has 0 amide bonds. The molecule has 0 aromatic heterocycles. The molecular formula is C14H32N4O. The Morgan fingerprint density at radius 3 is 2.16 bits per heavy atom. The Bertz CT molecular complexity index is 269. The maximum absolute atomic E-state index is 5.36. The van der Waals surface area contributed by atoms with E-state index in [1.54, 1.807) is 7.11 Å². The van der Waals surface area contributed by atoms with Crippen LogP contribution >= 0.6 is 0 Å². The molecule has 0 unspecified atom stereocenters. The van der Waals surface area contributed by atoms with E-state index in [1.807, 2.05) is 13.8 Å². The zero-order chi connectivity index (χ0) is 14.9. The number of ether oxygens (including phenoxy) is 1. The third-order valence-corrected chi connectivity index (χ3v) is 2.59. The predicted molar refractivity (Wildman–Crippen MR) is 82.8 cm³/mol. The first kappa shape index (κ1) is 18.2. The molecule has 5 heteroatoms. The number of nitrogens with one attached hydrogen (secondary N) is 3. The van der Waals surface area contributed by atoms with Gasteiger partial charge >= 0.3 is 0 Å². The summed E-state index contributed by atoms with van der Waals surface area (Å²) in [7, 11) is 1.71. The molecule has 0 aromatic carbocycles. The van der Waals surface area contributed by atoms with E-state index in [9.17, 15) is 0 Å². The van der Waals surface area contributed by atoms with Gasteiger partial charge in [0.2, 0.25) is 0 Å². The molecule has 0 rings (SSSR count). The number of aliphatic imine (C=N–C) groups is 1. The Morgan fingerprint density at radius 1 is 1.05 bits per heavy atom. The lowest BCUT2D eigenvalue weighted by molar-refractivity contribution is 0.0310. The van der Waals surface area contributed by atoms with E-state index < -0.39 is 0 Å². The largest absolute Gasteiger partial charge is 0.377 e. The normalized spacial score (nSPS) is 13.5. The second kappa shape index (κ2) is 8.38. The summed E-state index contributed by atoms with van der Waals surface area (Å²) in [4.78, 5) is 4.53. The SMILES string of the molecule is CCNC(=NCC(C)(C)OC)NCCNC(C)(C)C. The summed E-state index contributed by atoms with van der Waals surface area (Å²) in [5, 5.41) is 9.98. The number of methoxy groups -OCH3 is 1. The van der Waals surface area contributed by atoms with Crippen molar-refractivity contribution in [2.24, 2.45) is 4.99 Å². The number of nitrogens with zero attached hydrogens (tertiary/aromatic N) is 1. The van der Waals surface area contributed by atoms with Crippen LogP contribution in [-0.4, -0.2) is 50.4 Å². The molecule has 0 heterocycles. The molecule has 5 nitrogen and oxygen atoms in total. The van der Waals surface area contributed by atoms with Crippen LogP contribution in [0.1, 0.15) is 41.5 Å². The zero-order valence-electron chi connectivity index (χ0n) is 13.7. The number of hydrogen-bond acceptors (Lipinski definition) is 3. The molecule has 0 aliphatic rings. The molecule has 0 atom stereocenters. The van der Waals surface area contributed by atoms with Crippen molar-refractivity contribution < 1.29 is 4.74 Å². The highest BCUT2D eigenvalue weighted by molar-refractivity contribution is 5.79. The lowest BCUT2D eigenvalue weighted by Gasteiger charge is -2.22. The molecule has 0 aliphatic carbocycles. The summed E-state index contributed by atoms with van der Waals surface area (Å²) in [5.41, 5.74) is -0.0821. The summed E-state index contributed by atoms with van der Waals surface area (Å²) in [6.07, 6.45) is 0. The van der Waals surface area contributed by atoms with Crippen molar-refractivity contribution in [3.63, 3.8) is 0 Å². The van der Waals surface area contributed by atoms with Crippen molar-refractivity contribution in [2.75, 3.05) is 33.3 Å². The van der Waals surface area contributed by atoms with Crippen molar-refractivity contribution in [2.45, 2.75) is 52.7 Å². The van der Waals surface area contributed by atoms with Gasteiger partial charge in [0.1, 0.15) is 0 Å². The highest BCUT2D eigenvalue weighted by Crippen LogP contribution is 2.06. The minimum atomic E-state index is -0.230. The minimum absolute atomic E-state index is 0.148. The van der Waals surface area contributed by atoms with E-state index >= 15 is 0 Å². The molecule has 0 fully saturated rings. The van der Waals surface area contributed by atoms with Crippen LogP contribution in [0.5, 0.6) is 0 Å². The summed E-state index contributed by atoms with van der Waals surface area (Å²) < 4.78 is 5.36. The van der Waals surface area contributed by atoms with Crippen molar-refractivity contribution in [3.8, 4) is 0 Å². The summed E-state index contributed by atoms with van der Waals surface area (Å²) in [6, 6.07) is 0. The fourth-order valence-corrected chi connectivity index (χ4v) is 1.29. The van der Waals surface area contributed by atoms with Crippen LogP contribution < -0.4 is 16.0 Å². The van der Waals surface area contributed by atoms with E-state index in [1.165, 1.54) is 0 Å². The zero-order valence-corrected chi connectivity index (χ0v) is 13.7. The molecule has 0 spiro atoms. The van der Waals surface area contributed by atoms with Crippen LogP contribution in [0.15, 0.2) is 4.99 Å². The van der Waals surface area contributed by atoms with Crippen LogP contribution in [0.3, 0.4) is 0 Å². The first-order valence-corrected chi connectivity index (χ1v) is 7.02. The quantitative estimate of drug-likeness (QED) is 0.372. The highest BCUT2D eigenvalue weighted by atomic mass is 16.5. The van der Waals surface area contributed by atoms with Gasteiger partial charge in [-0.05, 0) is 41.5 Å². The average molecular weight is 272 g/mol. The molecule has 0 radical (unpaired) electrons. The van der Waals surface area contributed by atoms with E-state index in [0.29, 0.717) is 6.54 Å². The van der Waals surface area contributed by atoms with Crippen molar-refractivity contribution >= 4 is 5.96 Å². The van der Waals surface area contributed by atoms with Gasteiger partial charge in [0.15, 0.2) is 5.96 Å². The molecule has 0 aliphatic heterocycles. The van der Waals surface area contributed by atoms with Gasteiger partial charge in [-0.15, -0.1) is 0 Å². The Kier molecular flexibility index (Phi) is 8.02. The van der Waals surface area contributed by atoms with Crippen LogP contribution in [0.2, 0.25) is 0 Å². The summed E-state index contributed by atoms with van der Waals surface area (Å²) >= 11 is 0. The van der Waals surface area contributed by atoms with Crippen molar-refractivity contribution in [3.05, 3.63) is 0 Å². The summed E-state index contributed by atoms with van der Waals surface area (Å²) in [6.45, 7) is 15.8. The van der Waals surface area contributed by atoms with E-state index in [2.05, 4.69) is 48.6 Å². The second-order valence-electron chi connectivity index (χ2n) is 6.26. The first-order chi connectivity index (χ1) is 8.70. The van der Waals surface area contributed by atoms with Gasteiger partial charge in [-0.3, -0.25) is 4.99 Å². The topological polar surface area (TPSA) is 57.7 Å². The second-order valence-corrected chi connectivity index (χ2v) is 6.26. The minimum Gasteiger partial charge on any atom is -0.377 e. The van der Waals surface area contributed by atoms with Gasteiger partial charge in [0.25, 0.3) is 0 Å². The number of guanidine groups is 1. The molecule has 0 bridgehead atoms. The van der Waals surface area contributed by atoms with Gasteiger partial charge in [-0.1, -0.05) is 0 Å². The fraction of sp³-hybridized carbons (Fsp3) is 0.929. The van der Waals surface area contributed by atoms with Crippen LogP contribution in [0.25, 0.3) is 0 Å². The van der Waals surface area contributed by atoms with Gasteiger partial charge in [-0.25, -0.2) is 0 Å². The monoisotopic (exact) mass is 272 g/mol. The number of rotatable bonds is 7. The predicted octanol–water partition coefficient (Wildman–Crippen LogP) is 1.35. The Balaban J connectivity index is 4.15. The molecule has 0 saturated carbocycles. The Morgan fingerprint density at radius 2 is 1.68 bits per heavy atom. The van der Waals surface area contributed by atoms with Crippen molar-refractivity contribution in [1.82, 2.24) is 16.0 Å².